The lowest BCUT2D eigenvalue weighted by Gasteiger charge is -2.25. The summed E-state index contributed by atoms with van der Waals surface area (Å²) in [7, 11) is 1.61. The van der Waals surface area contributed by atoms with E-state index in [1.54, 1.807) is 23.9 Å². The number of ether oxygens (including phenoxy) is 3. The summed E-state index contributed by atoms with van der Waals surface area (Å²) in [6.45, 7) is 2.22. The van der Waals surface area contributed by atoms with E-state index >= 15 is 0 Å². The zero-order valence-corrected chi connectivity index (χ0v) is 18.4. The second-order valence-corrected chi connectivity index (χ2v) is 8.05. The van der Waals surface area contributed by atoms with Crippen molar-refractivity contribution in [3.8, 4) is 29.4 Å². The molecule has 33 heavy (non-hydrogen) atoms. The van der Waals surface area contributed by atoms with Crippen molar-refractivity contribution in [2.45, 2.75) is 18.6 Å². The highest BCUT2D eigenvalue weighted by Gasteiger charge is 2.40. The molecule has 2 atom stereocenters. The minimum atomic E-state index is -0.502. The van der Waals surface area contributed by atoms with Gasteiger partial charge in [0.2, 0.25) is 5.88 Å². The third-order valence-electron chi connectivity index (χ3n) is 5.95. The molecular formula is C24H25N5O4. The van der Waals surface area contributed by atoms with Gasteiger partial charge in [0.1, 0.15) is 12.7 Å². The highest BCUT2D eigenvalue weighted by Crippen LogP contribution is 2.29. The van der Waals surface area contributed by atoms with E-state index in [-0.39, 0.29) is 11.9 Å². The Kier molecular flexibility index (Phi) is 5.86. The first-order chi connectivity index (χ1) is 16.2. The van der Waals surface area contributed by atoms with Gasteiger partial charge in [0.05, 0.1) is 25.5 Å². The van der Waals surface area contributed by atoms with E-state index in [0.717, 1.165) is 22.4 Å². The molecule has 0 aliphatic carbocycles. The molecule has 1 amide bonds. The number of rotatable bonds is 4. The molecule has 170 valence electrons. The minimum Gasteiger partial charge on any atom is -0.475 e. The van der Waals surface area contributed by atoms with Gasteiger partial charge in [-0.25, -0.2) is 4.52 Å². The normalized spacial score (nSPS) is 20.1. The van der Waals surface area contributed by atoms with Crippen molar-refractivity contribution >= 4 is 17.2 Å². The summed E-state index contributed by atoms with van der Waals surface area (Å²) in [5.41, 5.74) is 4.06. The molecule has 0 spiro atoms. The number of aromatic nitrogens is 3. The topological polar surface area (TPSA) is 90.2 Å². The number of methoxy groups -OCH3 is 1. The van der Waals surface area contributed by atoms with Crippen molar-refractivity contribution < 1.29 is 19.0 Å². The van der Waals surface area contributed by atoms with Crippen LogP contribution >= 0.6 is 0 Å². The monoisotopic (exact) mass is 447 g/mol. The van der Waals surface area contributed by atoms with Gasteiger partial charge in [-0.2, -0.15) is 10.1 Å². The summed E-state index contributed by atoms with van der Waals surface area (Å²) < 4.78 is 18.6. The van der Waals surface area contributed by atoms with Crippen LogP contribution in [0.4, 0.5) is 5.69 Å². The van der Waals surface area contributed by atoms with E-state index < -0.39 is 6.10 Å². The van der Waals surface area contributed by atoms with E-state index in [0.29, 0.717) is 50.9 Å². The van der Waals surface area contributed by atoms with Crippen molar-refractivity contribution in [3.05, 3.63) is 42.2 Å². The van der Waals surface area contributed by atoms with Gasteiger partial charge >= 0.3 is 0 Å². The highest BCUT2D eigenvalue weighted by atomic mass is 16.5. The number of hydrogen-bond acceptors (Lipinski definition) is 7. The predicted molar refractivity (Wildman–Crippen MR) is 122 cm³/mol. The van der Waals surface area contributed by atoms with Gasteiger partial charge in [0.25, 0.3) is 5.91 Å². The molecule has 2 aliphatic heterocycles. The molecule has 1 fully saturated rings. The third-order valence-corrected chi connectivity index (χ3v) is 5.95. The number of nitrogens with zero attached hydrogens (tertiary/aromatic N) is 4. The Labute approximate surface area is 191 Å². The van der Waals surface area contributed by atoms with E-state index in [4.69, 9.17) is 20.6 Å². The van der Waals surface area contributed by atoms with Gasteiger partial charge in [-0.3, -0.25) is 4.79 Å². The Hall–Kier alpha value is -3.61. The zero-order valence-electron chi connectivity index (χ0n) is 18.4. The number of nitrogens with one attached hydrogen (secondary N) is 1. The van der Waals surface area contributed by atoms with Crippen LogP contribution in [-0.2, 0) is 14.3 Å². The third kappa shape index (κ3) is 4.23. The van der Waals surface area contributed by atoms with E-state index in [9.17, 15) is 4.79 Å². The first kappa shape index (κ1) is 21.2. The summed E-state index contributed by atoms with van der Waals surface area (Å²) in [4.78, 5) is 19.5. The first-order valence-electron chi connectivity index (χ1n) is 10.9. The zero-order chi connectivity index (χ0) is 22.8. The van der Waals surface area contributed by atoms with Crippen LogP contribution < -0.4 is 10.1 Å². The van der Waals surface area contributed by atoms with Crippen LogP contribution in [0.15, 0.2) is 36.7 Å². The Balaban J connectivity index is 1.49. The quantitative estimate of drug-likeness (QED) is 0.482. The average Bonchev–Trinajstić information content (AvgIpc) is 3.38. The molecule has 5 rings (SSSR count). The number of fused-ring (bicyclic) bond motifs is 5. The van der Waals surface area contributed by atoms with Gasteiger partial charge in [-0.05, 0) is 23.8 Å². The van der Waals surface area contributed by atoms with Crippen molar-refractivity contribution in [1.29, 1.82) is 0 Å². The van der Waals surface area contributed by atoms with Gasteiger partial charge in [0.15, 0.2) is 5.65 Å². The standard InChI is InChI=1S/C24H25N5O4/c1-3-16-10-17-12-18(11-16)25-5-7-28-19(13-21(24(28)30)32-9-8-31-2)15-33-22-4-6-29-23(27-22)20(17)14-26-29/h1,4,6,10-12,14,19,21,25H,5,7-9,13,15H2,2H3/t19-,21+/m0/s1. The van der Waals surface area contributed by atoms with Gasteiger partial charge in [0, 0.05) is 55.7 Å². The van der Waals surface area contributed by atoms with Crippen LogP contribution in [0.25, 0.3) is 16.8 Å². The first-order valence-corrected chi connectivity index (χ1v) is 10.9. The lowest BCUT2D eigenvalue weighted by Crippen LogP contribution is -2.41. The molecule has 0 saturated carbocycles. The van der Waals surface area contributed by atoms with Crippen molar-refractivity contribution in [3.63, 3.8) is 0 Å². The maximum Gasteiger partial charge on any atom is 0.252 e. The van der Waals surface area contributed by atoms with Crippen LogP contribution in [0, 0.1) is 12.3 Å². The van der Waals surface area contributed by atoms with Crippen LogP contribution in [0.5, 0.6) is 5.88 Å². The molecule has 4 heterocycles. The van der Waals surface area contributed by atoms with Crippen molar-refractivity contribution in [2.24, 2.45) is 0 Å². The molecule has 3 aromatic rings. The van der Waals surface area contributed by atoms with Crippen LogP contribution in [-0.4, -0.2) is 77.6 Å². The Bertz CT molecular complexity index is 1220. The number of terminal acetylenes is 1. The fourth-order valence-electron chi connectivity index (χ4n) is 4.31. The number of anilines is 1. The summed E-state index contributed by atoms with van der Waals surface area (Å²) in [5.74, 6) is 3.15. The van der Waals surface area contributed by atoms with Crippen molar-refractivity contribution in [2.75, 3.05) is 45.3 Å². The summed E-state index contributed by atoms with van der Waals surface area (Å²) in [5, 5.41) is 7.82. The van der Waals surface area contributed by atoms with E-state index in [2.05, 4.69) is 21.3 Å². The molecule has 0 radical (unpaired) electrons. The van der Waals surface area contributed by atoms with Gasteiger partial charge < -0.3 is 24.4 Å². The van der Waals surface area contributed by atoms with E-state index in [1.165, 1.54) is 0 Å². The summed E-state index contributed by atoms with van der Waals surface area (Å²) in [6, 6.07) is 7.52. The number of benzene rings is 1. The molecule has 9 heteroatoms. The molecule has 1 saturated heterocycles. The smallest absolute Gasteiger partial charge is 0.252 e. The van der Waals surface area contributed by atoms with Crippen LogP contribution in [0.2, 0.25) is 0 Å². The SMILES string of the molecule is C#Cc1cc2cc(c1)-c1cnn3ccc(nc13)OC[C@@H]1C[C@@H](OCCOC)C(=O)N1CCN2. The average molecular weight is 447 g/mol. The summed E-state index contributed by atoms with van der Waals surface area (Å²) >= 11 is 0. The number of carbonyl (C=O) groups is 1. The molecule has 1 N–H and O–H groups in total. The molecule has 9 nitrogen and oxygen atoms in total. The summed E-state index contributed by atoms with van der Waals surface area (Å²) in [6.07, 6.45) is 9.35. The number of hydrogen-bond donors (Lipinski definition) is 1. The molecule has 1 aromatic carbocycles. The number of amides is 1. The van der Waals surface area contributed by atoms with Gasteiger partial charge in [-0.1, -0.05) is 5.92 Å². The molecule has 2 aromatic heterocycles. The maximum absolute atomic E-state index is 13.0. The van der Waals surface area contributed by atoms with Crippen LogP contribution in [0.3, 0.4) is 0 Å². The lowest BCUT2D eigenvalue weighted by molar-refractivity contribution is -0.138. The second-order valence-electron chi connectivity index (χ2n) is 8.05. The maximum atomic E-state index is 13.0. The molecule has 0 unspecified atom stereocenters. The Morgan fingerprint density at radius 1 is 1.33 bits per heavy atom. The fraction of sp³-hybridized carbons (Fsp3) is 0.375. The number of carbonyl (C=O) groups excluding carboxylic acids is 1. The highest BCUT2D eigenvalue weighted by molar-refractivity contribution is 5.84. The molecule has 2 aliphatic rings. The molecule has 4 bridgehead atoms. The van der Waals surface area contributed by atoms with Crippen molar-refractivity contribution in [1.82, 2.24) is 19.5 Å². The minimum absolute atomic E-state index is 0.0341. The van der Waals surface area contributed by atoms with E-state index in [1.807, 2.05) is 29.3 Å². The largest absolute Gasteiger partial charge is 0.475 e. The Morgan fingerprint density at radius 2 is 2.24 bits per heavy atom. The molecular weight excluding hydrogens is 422 g/mol. The van der Waals surface area contributed by atoms with Gasteiger partial charge in [-0.15, -0.1) is 6.42 Å². The lowest BCUT2D eigenvalue weighted by atomic mass is 10.0. The predicted octanol–water partition coefficient (Wildman–Crippen LogP) is 1.81. The fourth-order valence-corrected chi connectivity index (χ4v) is 4.31. The Morgan fingerprint density at radius 3 is 3.09 bits per heavy atom. The second kappa shape index (κ2) is 9.10. The van der Waals surface area contributed by atoms with Crippen LogP contribution in [0.1, 0.15) is 12.0 Å².